The van der Waals surface area contributed by atoms with E-state index in [-0.39, 0.29) is 34.9 Å². The summed E-state index contributed by atoms with van der Waals surface area (Å²) in [4.78, 5) is 24.2. The molecule has 1 heterocycles. The fourth-order valence-electron chi connectivity index (χ4n) is 3.44. The summed E-state index contributed by atoms with van der Waals surface area (Å²) in [6.07, 6.45) is 2.67. The van der Waals surface area contributed by atoms with Gasteiger partial charge in [0.05, 0.1) is 29.8 Å². The Labute approximate surface area is 210 Å². The molecule has 0 aliphatic heterocycles. The van der Waals surface area contributed by atoms with Crippen molar-refractivity contribution in [3.8, 4) is 16.9 Å². The number of carboxylic acids is 1. The molecular formula is C26H29NO8S. The van der Waals surface area contributed by atoms with Gasteiger partial charge in [0, 0.05) is 17.7 Å². The third-order valence-electron chi connectivity index (χ3n) is 4.97. The summed E-state index contributed by atoms with van der Waals surface area (Å²) in [5.41, 5.74) is 0.254. The molecule has 0 unspecified atom stereocenters. The number of benzene rings is 2. The van der Waals surface area contributed by atoms with E-state index in [0.717, 1.165) is 0 Å². The first-order chi connectivity index (χ1) is 17.0. The molecule has 0 aliphatic carbocycles. The Kier molecular flexibility index (Phi) is 8.41. The molecule has 2 N–H and O–H groups in total. The Morgan fingerprint density at radius 3 is 2.39 bits per heavy atom. The maximum absolute atomic E-state index is 13.0. The maximum Gasteiger partial charge on any atom is 0.407 e. The number of alkyl carbamates (subject to hydrolysis) is 1. The second-order valence-electron chi connectivity index (χ2n) is 9.00. The number of aromatic carboxylic acids is 1. The van der Waals surface area contributed by atoms with Crippen molar-refractivity contribution in [3.63, 3.8) is 0 Å². The zero-order chi connectivity index (χ0) is 26.3. The Morgan fingerprint density at radius 2 is 1.78 bits per heavy atom. The number of carbonyl (C=O) groups is 2. The van der Waals surface area contributed by atoms with E-state index < -0.39 is 33.3 Å². The fraction of sp³-hybridized carbons (Fsp3) is 0.308. The van der Waals surface area contributed by atoms with Crippen LogP contribution in [0.5, 0.6) is 5.75 Å². The lowest BCUT2D eigenvalue weighted by Crippen LogP contribution is -2.33. The third-order valence-corrected chi connectivity index (χ3v) is 6.66. The highest BCUT2D eigenvalue weighted by Gasteiger charge is 2.26. The molecule has 9 nitrogen and oxygen atoms in total. The Hall–Kier alpha value is -3.79. The average Bonchev–Trinajstić information content (AvgIpc) is 3.32. The molecule has 36 heavy (non-hydrogen) atoms. The van der Waals surface area contributed by atoms with Crippen LogP contribution < -0.4 is 10.1 Å². The number of amides is 1. The minimum atomic E-state index is -3.81. The second kappa shape index (κ2) is 11.3. The highest BCUT2D eigenvalue weighted by atomic mass is 32.2. The molecular weight excluding hydrogens is 486 g/mol. The van der Waals surface area contributed by atoms with E-state index in [1.807, 2.05) is 0 Å². The van der Waals surface area contributed by atoms with Crippen molar-refractivity contribution in [2.75, 3.05) is 13.2 Å². The van der Waals surface area contributed by atoms with Crippen molar-refractivity contribution in [1.82, 2.24) is 5.32 Å². The molecule has 10 heteroatoms. The average molecular weight is 516 g/mol. The second-order valence-corrected chi connectivity index (χ2v) is 11.0. The van der Waals surface area contributed by atoms with Gasteiger partial charge in [0.15, 0.2) is 9.84 Å². The number of carbonyl (C=O) groups excluding carboxylic acids is 1. The smallest absolute Gasteiger partial charge is 0.407 e. The molecule has 0 atom stereocenters. The highest BCUT2D eigenvalue weighted by Crippen LogP contribution is 2.37. The Bertz CT molecular complexity index is 1290. The van der Waals surface area contributed by atoms with Gasteiger partial charge in [0.1, 0.15) is 16.9 Å². The number of nitrogens with one attached hydrogen (secondary N) is 1. The van der Waals surface area contributed by atoms with Gasteiger partial charge in [0.25, 0.3) is 0 Å². The van der Waals surface area contributed by atoms with E-state index in [0.29, 0.717) is 17.5 Å². The summed E-state index contributed by atoms with van der Waals surface area (Å²) < 4.78 is 42.1. The molecule has 0 spiro atoms. The van der Waals surface area contributed by atoms with Gasteiger partial charge >= 0.3 is 12.1 Å². The number of carboxylic acid groups (broad SMARTS) is 1. The Morgan fingerprint density at radius 1 is 1.06 bits per heavy atom. The Balaban J connectivity index is 1.86. The van der Waals surface area contributed by atoms with Crippen molar-refractivity contribution in [1.29, 1.82) is 0 Å². The van der Waals surface area contributed by atoms with Crippen molar-refractivity contribution in [2.24, 2.45) is 0 Å². The van der Waals surface area contributed by atoms with Gasteiger partial charge in [-0.15, -0.1) is 0 Å². The van der Waals surface area contributed by atoms with Gasteiger partial charge in [-0.25, -0.2) is 18.0 Å². The molecule has 0 radical (unpaired) electrons. The minimum Gasteiger partial charge on any atom is -0.492 e. The number of ether oxygens (including phenoxy) is 2. The number of sulfone groups is 1. The number of hydrogen-bond donors (Lipinski definition) is 2. The molecule has 192 valence electrons. The summed E-state index contributed by atoms with van der Waals surface area (Å²) in [6, 6.07) is 12.6. The highest BCUT2D eigenvalue weighted by molar-refractivity contribution is 7.90. The lowest BCUT2D eigenvalue weighted by atomic mass is 9.99. The van der Waals surface area contributed by atoms with Crippen LogP contribution in [-0.4, -0.2) is 44.3 Å². The molecule has 0 saturated carbocycles. The summed E-state index contributed by atoms with van der Waals surface area (Å²) >= 11 is 0. The van der Waals surface area contributed by atoms with Crippen LogP contribution in [0.3, 0.4) is 0 Å². The van der Waals surface area contributed by atoms with Crippen LogP contribution in [0.4, 0.5) is 4.79 Å². The van der Waals surface area contributed by atoms with E-state index in [9.17, 15) is 23.1 Å². The normalized spacial score (nSPS) is 11.6. The number of furan rings is 1. The van der Waals surface area contributed by atoms with Crippen molar-refractivity contribution >= 4 is 21.9 Å². The molecule has 0 bridgehead atoms. The fourth-order valence-corrected chi connectivity index (χ4v) is 4.83. The van der Waals surface area contributed by atoms with Crippen molar-refractivity contribution < 1.29 is 37.0 Å². The lowest BCUT2D eigenvalue weighted by molar-refractivity contribution is 0.0525. The standard InChI is InChI=1S/C26H29NO8S/c1-26(2,3)35-25(30)27-13-7-14-34-23-21(18-12-15-33-16-18)11-10-19(22(23)24(28)29)17-36(31,32)20-8-5-4-6-9-20/h4-6,8-12,15-16H,7,13-14,17H2,1-3H3,(H,27,30)(H,28,29). The predicted molar refractivity (Wildman–Crippen MR) is 133 cm³/mol. The van der Waals surface area contributed by atoms with E-state index in [1.54, 1.807) is 51.1 Å². The molecule has 0 saturated heterocycles. The first-order valence-corrected chi connectivity index (χ1v) is 12.9. The van der Waals surface area contributed by atoms with Crippen LogP contribution in [0.15, 0.2) is 70.4 Å². The summed E-state index contributed by atoms with van der Waals surface area (Å²) in [5.74, 6) is -1.80. The van der Waals surface area contributed by atoms with E-state index >= 15 is 0 Å². The SMILES string of the molecule is CC(C)(C)OC(=O)NCCCOc1c(-c2ccoc2)ccc(CS(=O)(=O)c2ccccc2)c1C(=O)O. The van der Waals surface area contributed by atoms with Gasteiger partial charge in [0.2, 0.25) is 0 Å². The molecule has 0 fully saturated rings. The molecule has 2 aromatic carbocycles. The van der Waals surface area contributed by atoms with E-state index in [1.165, 1.54) is 30.7 Å². The van der Waals surface area contributed by atoms with Crippen LogP contribution in [0.2, 0.25) is 0 Å². The lowest BCUT2D eigenvalue weighted by Gasteiger charge is -2.20. The van der Waals surface area contributed by atoms with Crippen LogP contribution >= 0.6 is 0 Å². The minimum absolute atomic E-state index is 0.0296. The van der Waals surface area contributed by atoms with Crippen LogP contribution in [0.25, 0.3) is 11.1 Å². The third kappa shape index (κ3) is 7.11. The van der Waals surface area contributed by atoms with Crippen LogP contribution in [0.1, 0.15) is 43.1 Å². The van der Waals surface area contributed by atoms with E-state index in [2.05, 4.69) is 5.32 Å². The number of rotatable bonds is 10. The topological polar surface area (TPSA) is 132 Å². The van der Waals surface area contributed by atoms with Crippen LogP contribution in [0, 0.1) is 0 Å². The first kappa shape index (κ1) is 26.8. The van der Waals surface area contributed by atoms with Crippen molar-refractivity contribution in [2.45, 2.75) is 43.4 Å². The predicted octanol–water partition coefficient (Wildman–Crippen LogP) is 4.91. The number of hydrogen-bond acceptors (Lipinski definition) is 7. The molecule has 3 aromatic rings. The quantitative estimate of drug-likeness (QED) is 0.364. The van der Waals surface area contributed by atoms with Gasteiger partial charge in [-0.2, -0.15) is 0 Å². The van der Waals surface area contributed by atoms with E-state index in [4.69, 9.17) is 13.9 Å². The van der Waals surface area contributed by atoms with Crippen LogP contribution in [-0.2, 0) is 20.3 Å². The molecule has 1 aromatic heterocycles. The van der Waals surface area contributed by atoms with Gasteiger partial charge in [-0.3, -0.25) is 0 Å². The monoisotopic (exact) mass is 515 g/mol. The summed E-state index contributed by atoms with van der Waals surface area (Å²) in [7, 11) is -3.81. The first-order valence-electron chi connectivity index (χ1n) is 11.3. The van der Waals surface area contributed by atoms with Crippen molar-refractivity contribution in [3.05, 3.63) is 72.2 Å². The van der Waals surface area contributed by atoms with Gasteiger partial charge < -0.3 is 24.3 Å². The molecule has 0 aliphatic rings. The van der Waals surface area contributed by atoms with Gasteiger partial charge in [-0.1, -0.05) is 30.3 Å². The molecule has 1 amide bonds. The molecule has 3 rings (SSSR count). The zero-order valence-corrected chi connectivity index (χ0v) is 21.1. The van der Waals surface area contributed by atoms with Gasteiger partial charge in [-0.05, 0) is 51.0 Å². The zero-order valence-electron chi connectivity index (χ0n) is 20.3. The summed E-state index contributed by atoms with van der Waals surface area (Å²) in [6.45, 7) is 5.57. The summed E-state index contributed by atoms with van der Waals surface area (Å²) in [5, 5.41) is 12.7. The largest absolute Gasteiger partial charge is 0.492 e. The maximum atomic E-state index is 13.0.